The van der Waals surface area contributed by atoms with Gasteiger partial charge in [-0.1, -0.05) is 65.7 Å². The molecule has 2 amide bonds. The summed E-state index contributed by atoms with van der Waals surface area (Å²) in [5.74, 6) is -0.537. The highest BCUT2D eigenvalue weighted by Gasteiger charge is 2.31. The van der Waals surface area contributed by atoms with Gasteiger partial charge in [-0.05, 0) is 80.6 Å². The van der Waals surface area contributed by atoms with Crippen LogP contribution in [-0.4, -0.2) is 50.0 Å². The summed E-state index contributed by atoms with van der Waals surface area (Å²) in [7, 11) is -3.59. The van der Waals surface area contributed by atoms with Crippen LogP contribution in [0.4, 0.5) is 5.69 Å². The minimum atomic E-state index is -3.59. The Hall–Kier alpha value is -3.07. The van der Waals surface area contributed by atoms with E-state index in [-0.39, 0.29) is 43.8 Å². The van der Waals surface area contributed by atoms with Gasteiger partial charge in [0, 0.05) is 32.0 Å². The molecule has 0 aliphatic rings. The van der Waals surface area contributed by atoms with Crippen LogP contribution in [0.3, 0.4) is 0 Å². The van der Waals surface area contributed by atoms with Crippen LogP contribution in [0, 0.1) is 13.8 Å². The molecule has 0 saturated heterocycles. The number of sulfonamides is 1. The van der Waals surface area contributed by atoms with E-state index in [2.05, 4.69) is 5.32 Å². The molecule has 10 heteroatoms. The zero-order chi connectivity index (χ0) is 31.0. The highest BCUT2D eigenvalue weighted by atomic mass is 35.5. The first-order chi connectivity index (χ1) is 19.8. The first-order valence-electron chi connectivity index (χ1n) is 13.9. The van der Waals surface area contributed by atoms with Gasteiger partial charge < -0.3 is 10.2 Å². The van der Waals surface area contributed by atoms with Crippen molar-refractivity contribution < 1.29 is 18.0 Å². The Bertz CT molecular complexity index is 1500. The van der Waals surface area contributed by atoms with Crippen LogP contribution in [0.25, 0.3) is 0 Å². The van der Waals surface area contributed by atoms with Gasteiger partial charge in [-0.25, -0.2) is 8.42 Å². The van der Waals surface area contributed by atoms with Gasteiger partial charge in [0.05, 0.1) is 22.0 Å². The second-order valence-corrected chi connectivity index (χ2v) is 13.6. The molecular formula is C32H39Cl2N3O4S. The molecule has 3 aromatic carbocycles. The highest BCUT2D eigenvalue weighted by molar-refractivity contribution is 7.92. The third-order valence-electron chi connectivity index (χ3n) is 6.97. The lowest BCUT2D eigenvalue weighted by Gasteiger charge is -2.32. The van der Waals surface area contributed by atoms with E-state index >= 15 is 0 Å². The average molecular weight is 633 g/mol. The number of hydrogen-bond donors (Lipinski definition) is 1. The van der Waals surface area contributed by atoms with E-state index in [1.807, 2.05) is 70.2 Å². The molecule has 1 N–H and O–H groups in total. The smallest absolute Gasteiger partial charge is 0.243 e. The third kappa shape index (κ3) is 9.48. The average Bonchev–Trinajstić information content (AvgIpc) is 2.91. The molecule has 0 aliphatic heterocycles. The zero-order valence-corrected chi connectivity index (χ0v) is 27.1. The fourth-order valence-corrected chi connectivity index (χ4v) is 5.93. The number of amides is 2. The van der Waals surface area contributed by atoms with Crippen molar-refractivity contribution in [3.05, 3.63) is 99.0 Å². The molecule has 3 rings (SSSR count). The third-order valence-corrected chi connectivity index (χ3v) is 8.90. The lowest BCUT2D eigenvalue weighted by atomic mass is 10.0. The number of halogens is 2. The van der Waals surface area contributed by atoms with Crippen molar-refractivity contribution in [1.29, 1.82) is 0 Å². The van der Waals surface area contributed by atoms with E-state index in [9.17, 15) is 18.0 Å². The molecule has 0 fully saturated rings. The minimum Gasteiger partial charge on any atom is -0.352 e. The molecule has 7 nitrogen and oxygen atoms in total. The van der Waals surface area contributed by atoms with Crippen molar-refractivity contribution in [2.45, 2.75) is 65.6 Å². The molecule has 0 saturated carbocycles. The summed E-state index contributed by atoms with van der Waals surface area (Å²) in [6, 6.07) is 19.2. The lowest BCUT2D eigenvalue weighted by Crippen LogP contribution is -2.51. The topological polar surface area (TPSA) is 86.8 Å². The van der Waals surface area contributed by atoms with E-state index in [0.717, 1.165) is 28.5 Å². The molecule has 1 unspecified atom stereocenters. The van der Waals surface area contributed by atoms with E-state index in [1.54, 1.807) is 29.2 Å². The largest absolute Gasteiger partial charge is 0.352 e. The Kier molecular flexibility index (Phi) is 11.9. The Balaban J connectivity index is 1.91. The Morgan fingerprint density at radius 3 is 2.17 bits per heavy atom. The molecular weight excluding hydrogens is 593 g/mol. The molecule has 0 spiro atoms. The van der Waals surface area contributed by atoms with Gasteiger partial charge in [0.15, 0.2) is 0 Å². The van der Waals surface area contributed by atoms with Gasteiger partial charge >= 0.3 is 0 Å². The van der Waals surface area contributed by atoms with Crippen molar-refractivity contribution in [2.75, 3.05) is 17.1 Å². The van der Waals surface area contributed by atoms with Gasteiger partial charge in [-0.15, -0.1) is 0 Å². The summed E-state index contributed by atoms with van der Waals surface area (Å²) in [6.45, 7) is 7.89. The van der Waals surface area contributed by atoms with Crippen molar-refractivity contribution >= 4 is 50.7 Å². The van der Waals surface area contributed by atoms with Gasteiger partial charge in [0.2, 0.25) is 21.8 Å². The number of nitrogens with zero attached hydrogens (tertiary/aromatic N) is 2. The summed E-state index contributed by atoms with van der Waals surface area (Å²) in [4.78, 5) is 29.0. The fourth-order valence-electron chi connectivity index (χ4n) is 4.65. The predicted molar refractivity (Wildman–Crippen MR) is 172 cm³/mol. The number of rotatable bonds is 13. The molecule has 1 atom stereocenters. The summed E-state index contributed by atoms with van der Waals surface area (Å²) < 4.78 is 26.7. The second-order valence-electron chi connectivity index (χ2n) is 10.8. The number of carbonyl (C=O) groups excluding carboxylic acids is 2. The minimum absolute atomic E-state index is 0.0401. The first kappa shape index (κ1) is 33.4. The molecule has 0 aromatic heterocycles. The maximum absolute atomic E-state index is 13.9. The summed E-state index contributed by atoms with van der Waals surface area (Å²) in [5.41, 5.74) is 4.22. The molecule has 0 radical (unpaired) electrons. The number of nitrogens with one attached hydrogen (secondary N) is 1. The van der Waals surface area contributed by atoms with E-state index in [4.69, 9.17) is 23.2 Å². The van der Waals surface area contributed by atoms with Gasteiger partial charge in [-0.2, -0.15) is 0 Å². The molecule has 0 aliphatic carbocycles. The monoisotopic (exact) mass is 631 g/mol. The summed E-state index contributed by atoms with van der Waals surface area (Å²) in [6.07, 6.45) is 1.77. The Morgan fingerprint density at radius 2 is 1.57 bits per heavy atom. The molecule has 42 heavy (non-hydrogen) atoms. The maximum atomic E-state index is 13.9. The highest BCUT2D eigenvalue weighted by Crippen LogP contribution is 2.25. The number of benzene rings is 3. The summed E-state index contributed by atoms with van der Waals surface area (Å²) >= 11 is 12.4. The van der Waals surface area contributed by atoms with Crippen LogP contribution < -0.4 is 9.62 Å². The molecule has 226 valence electrons. The number of aryl methyl sites for hydroxylation is 2. The normalized spacial score (nSPS) is 12.2. The van der Waals surface area contributed by atoms with Crippen LogP contribution in [-0.2, 0) is 32.6 Å². The van der Waals surface area contributed by atoms with E-state index < -0.39 is 16.1 Å². The van der Waals surface area contributed by atoms with Crippen LogP contribution in [0.1, 0.15) is 48.9 Å². The maximum Gasteiger partial charge on any atom is 0.243 e. The van der Waals surface area contributed by atoms with E-state index in [1.165, 1.54) is 4.31 Å². The lowest BCUT2D eigenvalue weighted by molar-refractivity contribution is -0.141. The Labute approximate surface area is 259 Å². The van der Waals surface area contributed by atoms with Crippen LogP contribution in [0.15, 0.2) is 66.7 Å². The number of anilines is 1. The standard InChI is InChI=1S/C32H39Cl2N3O4S/c1-22(2)35-32(39)30(20-25-10-7-6-8-11-25)36(21-26-14-16-28(33)29(34)19-26)31(38)12-9-17-37(42(5,40)41)27-15-13-23(3)24(4)18-27/h6-8,10-11,13-16,18-19,22,30H,9,12,17,20-21H2,1-5H3,(H,35,39). The van der Waals surface area contributed by atoms with Crippen molar-refractivity contribution in [1.82, 2.24) is 10.2 Å². The number of carbonyl (C=O) groups is 2. The van der Waals surface area contributed by atoms with Crippen molar-refractivity contribution in [3.8, 4) is 0 Å². The van der Waals surface area contributed by atoms with Crippen molar-refractivity contribution in [2.24, 2.45) is 0 Å². The number of hydrogen-bond acceptors (Lipinski definition) is 4. The Morgan fingerprint density at radius 1 is 0.881 bits per heavy atom. The van der Waals surface area contributed by atoms with E-state index in [0.29, 0.717) is 22.2 Å². The first-order valence-corrected chi connectivity index (χ1v) is 16.5. The van der Waals surface area contributed by atoms with Gasteiger partial charge in [0.25, 0.3) is 0 Å². The fraction of sp³-hybridized carbons (Fsp3) is 0.375. The summed E-state index contributed by atoms with van der Waals surface area (Å²) in [5, 5.41) is 3.71. The van der Waals surface area contributed by atoms with Gasteiger partial charge in [-0.3, -0.25) is 13.9 Å². The molecule has 3 aromatic rings. The molecule has 0 bridgehead atoms. The van der Waals surface area contributed by atoms with Crippen molar-refractivity contribution in [3.63, 3.8) is 0 Å². The van der Waals surface area contributed by atoms with Gasteiger partial charge in [0.1, 0.15) is 6.04 Å². The van der Waals surface area contributed by atoms with Crippen LogP contribution in [0.5, 0.6) is 0 Å². The molecule has 0 heterocycles. The van der Waals surface area contributed by atoms with Crippen LogP contribution >= 0.6 is 23.2 Å². The second kappa shape index (κ2) is 14.9. The SMILES string of the molecule is Cc1ccc(N(CCCC(=O)N(Cc2ccc(Cl)c(Cl)c2)C(Cc2ccccc2)C(=O)NC(C)C)S(C)(=O)=O)cc1C. The zero-order valence-electron chi connectivity index (χ0n) is 24.7. The quantitative estimate of drug-likeness (QED) is 0.239. The predicted octanol–water partition coefficient (Wildman–Crippen LogP) is 6.32. The van der Waals surface area contributed by atoms with Crippen LogP contribution in [0.2, 0.25) is 10.0 Å².